The van der Waals surface area contributed by atoms with E-state index < -0.39 is 11.9 Å². The maximum Gasteiger partial charge on any atom is 0.267 e. The lowest BCUT2D eigenvalue weighted by atomic mass is 10.1. The second-order valence-electron chi connectivity index (χ2n) is 5.17. The van der Waals surface area contributed by atoms with Crippen molar-refractivity contribution < 1.29 is 14.3 Å². The van der Waals surface area contributed by atoms with Gasteiger partial charge < -0.3 is 15.4 Å². The van der Waals surface area contributed by atoms with Crippen LogP contribution >= 0.6 is 11.6 Å². The lowest BCUT2D eigenvalue weighted by Gasteiger charge is -2.12. The molecule has 1 aromatic heterocycles. The van der Waals surface area contributed by atoms with E-state index in [0.29, 0.717) is 11.3 Å². The number of fused-ring (bicyclic) bond motifs is 1. The van der Waals surface area contributed by atoms with Crippen LogP contribution < -0.4 is 5.32 Å². The summed E-state index contributed by atoms with van der Waals surface area (Å²) in [6.45, 7) is -0.0325. The lowest BCUT2D eigenvalue weighted by molar-refractivity contribution is 0.0912. The zero-order chi connectivity index (χ0) is 16.4. The molecular weight excluding hydrogens is 319 g/mol. The smallest absolute Gasteiger partial charge is 0.267 e. The number of aromatic nitrogens is 1. The molecule has 1 heterocycles. The second kappa shape index (κ2) is 6.40. The van der Waals surface area contributed by atoms with Crippen molar-refractivity contribution in [1.29, 1.82) is 0 Å². The Labute approximate surface area is 136 Å². The number of H-pyrrole nitrogens is 1. The summed E-state index contributed by atoms with van der Waals surface area (Å²) in [7, 11) is 0. The predicted octanol–water partition coefficient (Wildman–Crippen LogP) is 3.42. The predicted molar refractivity (Wildman–Crippen MR) is 87.0 cm³/mol. The SMILES string of the molecule is O=C(NCC(O)c1ccc(Cl)c(F)c1)c1cc2ccccc2[nH]1. The van der Waals surface area contributed by atoms with Crippen LogP contribution in [0.5, 0.6) is 0 Å². The normalized spacial score (nSPS) is 12.3. The number of halogens is 2. The number of carbonyl (C=O) groups is 1. The fourth-order valence-corrected chi connectivity index (χ4v) is 2.44. The quantitative estimate of drug-likeness (QED) is 0.685. The molecule has 0 saturated heterocycles. The molecule has 6 heteroatoms. The minimum atomic E-state index is -1.02. The van der Waals surface area contributed by atoms with Gasteiger partial charge in [0.1, 0.15) is 11.5 Å². The summed E-state index contributed by atoms with van der Waals surface area (Å²) < 4.78 is 13.4. The third-order valence-corrected chi connectivity index (χ3v) is 3.87. The zero-order valence-electron chi connectivity index (χ0n) is 12.0. The highest BCUT2D eigenvalue weighted by atomic mass is 35.5. The Bertz CT molecular complexity index is 830. The van der Waals surface area contributed by atoms with Crippen molar-refractivity contribution in [1.82, 2.24) is 10.3 Å². The fraction of sp³-hybridized carbons (Fsp3) is 0.118. The highest BCUT2D eigenvalue weighted by Gasteiger charge is 2.14. The molecule has 1 unspecified atom stereocenters. The van der Waals surface area contributed by atoms with Crippen LogP contribution in [0.4, 0.5) is 4.39 Å². The molecule has 2 aromatic carbocycles. The van der Waals surface area contributed by atoms with Crippen molar-refractivity contribution >= 4 is 28.4 Å². The van der Waals surface area contributed by atoms with Crippen LogP contribution in [0.1, 0.15) is 22.2 Å². The maximum absolute atomic E-state index is 13.4. The fourth-order valence-electron chi connectivity index (χ4n) is 2.32. The Balaban J connectivity index is 1.67. The molecule has 4 nitrogen and oxygen atoms in total. The van der Waals surface area contributed by atoms with E-state index in [9.17, 15) is 14.3 Å². The van der Waals surface area contributed by atoms with Gasteiger partial charge in [0.15, 0.2) is 0 Å². The van der Waals surface area contributed by atoms with E-state index in [2.05, 4.69) is 10.3 Å². The van der Waals surface area contributed by atoms with Crippen molar-refractivity contribution in [3.8, 4) is 0 Å². The van der Waals surface area contributed by atoms with Crippen molar-refractivity contribution in [2.75, 3.05) is 6.54 Å². The first-order valence-corrected chi connectivity index (χ1v) is 7.41. The Morgan fingerprint density at radius 3 is 2.78 bits per heavy atom. The number of amides is 1. The Hall–Kier alpha value is -2.37. The summed E-state index contributed by atoms with van der Waals surface area (Å²) in [5.41, 5.74) is 1.61. The molecule has 23 heavy (non-hydrogen) atoms. The van der Waals surface area contributed by atoms with Gasteiger partial charge in [-0.25, -0.2) is 4.39 Å². The highest BCUT2D eigenvalue weighted by molar-refractivity contribution is 6.30. The third kappa shape index (κ3) is 3.36. The van der Waals surface area contributed by atoms with E-state index >= 15 is 0 Å². The second-order valence-corrected chi connectivity index (χ2v) is 5.58. The molecule has 0 aliphatic rings. The number of nitrogens with one attached hydrogen (secondary N) is 2. The van der Waals surface area contributed by atoms with Gasteiger partial charge in [0, 0.05) is 17.4 Å². The molecule has 0 bridgehead atoms. The monoisotopic (exact) mass is 332 g/mol. The van der Waals surface area contributed by atoms with Crippen LogP contribution in [0.3, 0.4) is 0 Å². The van der Waals surface area contributed by atoms with Gasteiger partial charge in [0.2, 0.25) is 0 Å². The van der Waals surface area contributed by atoms with E-state index in [0.717, 1.165) is 17.0 Å². The Kier molecular flexibility index (Phi) is 4.32. The first kappa shape index (κ1) is 15.5. The topological polar surface area (TPSA) is 65.1 Å². The standard InChI is InChI=1S/C17H14ClFN2O2/c18-12-6-5-11(7-13(12)19)16(22)9-20-17(23)15-8-10-3-1-2-4-14(10)21-15/h1-8,16,21-22H,9H2,(H,20,23). The van der Waals surface area contributed by atoms with Crippen molar-refractivity contribution in [2.45, 2.75) is 6.10 Å². The molecule has 3 aromatic rings. The van der Waals surface area contributed by atoms with Gasteiger partial charge in [-0.3, -0.25) is 4.79 Å². The molecule has 0 aliphatic heterocycles. The lowest BCUT2D eigenvalue weighted by Crippen LogP contribution is -2.28. The average molecular weight is 333 g/mol. The molecule has 118 valence electrons. The first-order valence-electron chi connectivity index (χ1n) is 7.03. The van der Waals surface area contributed by atoms with E-state index in [1.807, 2.05) is 24.3 Å². The molecule has 1 amide bonds. The van der Waals surface area contributed by atoms with Gasteiger partial charge in [0.25, 0.3) is 5.91 Å². The maximum atomic E-state index is 13.4. The van der Waals surface area contributed by atoms with Crippen LogP contribution in [0, 0.1) is 5.82 Å². The van der Waals surface area contributed by atoms with Crippen LogP contribution in [0.15, 0.2) is 48.5 Å². The van der Waals surface area contributed by atoms with Crippen molar-refractivity contribution in [3.63, 3.8) is 0 Å². The van der Waals surface area contributed by atoms with Gasteiger partial charge >= 0.3 is 0 Å². The van der Waals surface area contributed by atoms with E-state index in [4.69, 9.17) is 11.6 Å². The molecule has 0 aliphatic carbocycles. The summed E-state index contributed by atoms with van der Waals surface area (Å²) in [6, 6.07) is 13.3. The average Bonchev–Trinajstić information content (AvgIpc) is 2.99. The number of hydrogen-bond acceptors (Lipinski definition) is 2. The first-order chi connectivity index (χ1) is 11.0. The molecule has 0 saturated carbocycles. The van der Waals surface area contributed by atoms with Crippen molar-refractivity contribution in [3.05, 3.63) is 70.6 Å². The van der Waals surface area contributed by atoms with Crippen LogP contribution in [0.2, 0.25) is 5.02 Å². The minimum absolute atomic E-state index is 0.0111. The minimum Gasteiger partial charge on any atom is -0.387 e. The Morgan fingerprint density at radius 1 is 1.26 bits per heavy atom. The summed E-state index contributed by atoms with van der Waals surface area (Å²) >= 11 is 5.60. The van der Waals surface area contributed by atoms with E-state index in [1.54, 1.807) is 6.07 Å². The number of benzene rings is 2. The van der Waals surface area contributed by atoms with Gasteiger partial charge in [-0.2, -0.15) is 0 Å². The van der Waals surface area contributed by atoms with Crippen LogP contribution in [0.25, 0.3) is 10.9 Å². The summed E-state index contributed by atoms with van der Waals surface area (Å²) in [6.07, 6.45) is -1.02. The third-order valence-electron chi connectivity index (χ3n) is 3.56. The number of aliphatic hydroxyl groups excluding tert-OH is 1. The van der Waals surface area contributed by atoms with E-state index in [-0.39, 0.29) is 17.5 Å². The van der Waals surface area contributed by atoms with Crippen LogP contribution in [-0.4, -0.2) is 22.5 Å². The number of carbonyl (C=O) groups excluding carboxylic acids is 1. The highest BCUT2D eigenvalue weighted by Crippen LogP contribution is 2.20. The van der Waals surface area contributed by atoms with Crippen LogP contribution in [-0.2, 0) is 0 Å². The number of rotatable bonds is 4. The molecule has 0 radical (unpaired) electrons. The largest absolute Gasteiger partial charge is 0.387 e. The zero-order valence-corrected chi connectivity index (χ0v) is 12.8. The number of aromatic amines is 1. The molecule has 0 fully saturated rings. The van der Waals surface area contributed by atoms with Gasteiger partial charge in [0.05, 0.1) is 11.1 Å². The number of aliphatic hydroxyl groups is 1. The van der Waals surface area contributed by atoms with E-state index in [1.165, 1.54) is 12.1 Å². The summed E-state index contributed by atoms with van der Waals surface area (Å²) in [5.74, 6) is -0.945. The molecular formula is C17H14ClFN2O2. The molecule has 0 spiro atoms. The van der Waals surface area contributed by atoms with Gasteiger partial charge in [-0.1, -0.05) is 35.9 Å². The van der Waals surface area contributed by atoms with Crippen molar-refractivity contribution in [2.24, 2.45) is 0 Å². The molecule has 3 N–H and O–H groups in total. The molecule has 1 atom stereocenters. The number of hydrogen-bond donors (Lipinski definition) is 3. The number of para-hydroxylation sites is 1. The molecule has 3 rings (SSSR count). The Morgan fingerprint density at radius 2 is 2.04 bits per heavy atom. The summed E-state index contributed by atoms with van der Waals surface area (Å²) in [4.78, 5) is 15.1. The van der Waals surface area contributed by atoms with Gasteiger partial charge in [-0.05, 0) is 29.8 Å². The van der Waals surface area contributed by atoms with Gasteiger partial charge in [-0.15, -0.1) is 0 Å². The summed E-state index contributed by atoms with van der Waals surface area (Å²) in [5, 5.41) is 13.6.